The predicted octanol–water partition coefficient (Wildman–Crippen LogP) is 2.22. The number of anilines is 1. The lowest BCUT2D eigenvalue weighted by Crippen LogP contribution is -2.32. The highest BCUT2D eigenvalue weighted by molar-refractivity contribution is 5.44. The van der Waals surface area contributed by atoms with Crippen LogP contribution in [0.15, 0.2) is 29.2 Å². The van der Waals surface area contributed by atoms with Crippen molar-refractivity contribution in [2.24, 2.45) is 5.92 Å². The van der Waals surface area contributed by atoms with Crippen LogP contribution in [0.4, 0.5) is 5.82 Å². The van der Waals surface area contributed by atoms with Crippen LogP contribution in [0.1, 0.15) is 36.9 Å². The van der Waals surface area contributed by atoms with E-state index in [0.29, 0.717) is 11.8 Å². The zero-order valence-corrected chi connectivity index (χ0v) is 15.0. The van der Waals surface area contributed by atoms with Gasteiger partial charge in [-0.25, -0.2) is 9.97 Å². The molecule has 0 spiro atoms. The summed E-state index contributed by atoms with van der Waals surface area (Å²) in [6.45, 7) is 5.61. The Morgan fingerprint density at radius 3 is 2.85 bits per heavy atom. The van der Waals surface area contributed by atoms with E-state index in [0.717, 1.165) is 42.9 Å². The van der Waals surface area contributed by atoms with Crippen LogP contribution in [0, 0.1) is 19.8 Å². The number of aromatic nitrogens is 6. The topological polar surface area (TPSA) is 85.8 Å². The summed E-state index contributed by atoms with van der Waals surface area (Å²) in [4.78, 5) is 15.8. The molecule has 3 aromatic heterocycles. The Morgan fingerprint density at radius 1 is 1.19 bits per heavy atom. The third-order valence-electron chi connectivity index (χ3n) is 5.83. The summed E-state index contributed by atoms with van der Waals surface area (Å²) in [5.74, 6) is 4.51. The Balaban J connectivity index is 1.48. The van der Waals surface area contributed by atoms with Gasteiger partial charge < -0.3 is 9.32 Å². The van der Waals surface area contributed by atoms with E-state index in [9.17, 15) is 0 Å². The van der Waals surface area contributed by atoms with E-state index in [1.165, 1.54) is 12.8 Å². The molecule has 0 amide bonds. The Labute approximate surface area is 151 Å². The second kappa shape index (κ2) is 5.62. The van der Waals surface area contributed by atoms with Gasteiger partial charge in [0, 0.05) is 32.4 Å². The third-order valence-corrected chi connectivity index (χ3v) is 5.83. The zero-order chi connectivity index (χ0) is 17.7. The normalized spacial score (nSPS) is 25.0. The SMILES string of the molecule is Cc1nnc([C@]23CCC[C@H]2CN(c2cncc(-n4ccnc4C)n2)C3)o1. The van der Waals surface area contributed by atoms with Crippen LogP contribution in [0.5, 0.6) is 0 Å². The smallest absolute Gasteiger partial charge is 0.224 e. The van der Waals surface area contributed by atoms with E-state index in [4.69, 9.17) is 9.40 Å². The van der Waals surface area contributed by atoms with Gasteiger partial charge >= 0.3 is 0 Å². The molecule has 0 radical (unpaired) electrons. The van der Waals surface area contributed by atoms with Crippen molar-refractivity contribution in [1.82, 2.24) is 29.7 Å². The van der Waals surface area contributed by atoms with Crippen molar-refractivity contribution in [2.75, 3.05) is 18.0 Å². The van der Waals surface area contributed by atoms with Crippen molar-refractivity contribution < 1.29 is 4.42 Å². The van der Waals surface area contributed by atoms with Gasteiger partial charge in [0.2, 0.25) is 11.8 Å². The van der Waals surface area contributed by atoms with Crippen molar-refractivity contribution in [2.45, 2.75) is 38.5 Å². The lowest BCUT2D eigenvalue weighted by molar-refractivity contribution is 0.299. The summed E-state index contributed by atoms with van der Waals surface area (Å²) >= 11 is 0. The highest BCUT2D eigenvalue weighted by Crippen LogP contribution is 2.50. The molecule has 1 saturated heterocycles. The molecular weight excluding hydrogens is 330 g/mol. The maximum Gasteiger partial charge on any atom is 0.224 e. The maximum absolute atomic E-state index is 5.86. The monoisotopic (exact) mass is 351 g/mol. The molecule has 0 N–H and O–H groups in total. The Hall–Kier alpha value is -2.77. The summed E-state index contributed by atoms with van der Waals surface area (Å²) in [6, 6.07) is 0. The van der Waals surface area contributed by atoms with Crippen LogP contribution >= 0.6 is 0 Å². The van der Waals surface area contributed by atoms with E-state index >= 15 is 0 Å². The summed E-state index contributed by atoms with van der Waals surface area (Å²) in [6.07, 6.45) is 10.8. The van der Waals surface area contributed by atoms with Crippen molar-refractivity contribution in [3.63, 3.8) is 0 Å². The molecule has 2 fully saturated rings. The first-order chi connectivity index (χ1) is 12.7. The van der Waals surface area contributed by atoms with Crippen LogP contribution in [-0.4, -0.2) is 42.8 Å². The lowest BCUT2D eigenvalue weighted by Gasteiger charge is -2.24. The molecule has 2 aliphatic rings. The molecule has 1 aliphatic heterocycles. The van der Waals surface area contributed by atoms with E-state index in [-0.39, 0.29) is 5.41 Å². The first-order valence-electron chi connectivity index (χ1n) is 9.04. The first kappa shape index (κ1) is 15.5. The minimum atomic E-state index is -0.0517. The minimum absolute atomic E-state index is 0.0517. The molecule has 4 heterocycles. The second-order valence-electron chi connectivity index (χ2n) is 7.33. The third kappa shape index (κ3) is 2.24. The average Bonchev–Trinajstić information content (AvgIpc) is 3.38. The van der Waals surface area contributed by atoms with Crippen molar-refractivity contribution in [1.29, 1.82) is 0 Å². The van der Waals surface area contributed by atoms with Gasteiger partial charge in [0.1, 0.15) is 11.6 Å². The van der Waals surface area contributed by atoms with Gasteiger partial charge in [-0.15, -0.1) is 10.2 Å². The van der Waals surface area contributed by atoms with Gasteiger partial charge in [-0.1, -0.05) is 6.42 Å². The number of nitrogens with zero attached hydrogens (tertiary/aromatic N) is 7. The van der Waals surface area contributed by atoms with Crippen LogP contribution in [-0.2, 0) is 5.41 Å². The minimum Gasteiger partial charge on any atom is -0.425 e. The number of hydrogen-bond acceptors (Lipinski definition) is 7. The molecule has 0 aromatic carbocycles. The van der Waals surface area contributed by atoms with Crippen molar-refractivity contribution in [3.8, 4) is 5.82 Å². The highest BCUT2D eigenvalue weighted by atomic mass is 16.4. The van der Waals surface area contributed by atoms with Gasteiger partial charge in [-0.05, 0) is 25.7 Å². The van der Waals surface area contributed by atoms with Gasteiger partial charge in [0.25, 0.3) is 0 Å². The van der Waals surface area contributed by atoms with Crippen LogP contribution < -0.4 is 4.90 Å². The fourth-order valence-electron chi connectivity index (χ4n) is 4.55. The van der Waals surface area contributed by atoms with Gasteiger partial charge in [-0.2, -0.15) is 0 Å². The standard InChI is InChI=1S/C18H21N7O/c1-12-20-6-7-25(12)16-9-19-8-15(21-16)24-10-14-4-3-5-18(14,11-24)17-23-22-13(2)26-17/h6-9,14H,3-5,10-11H2,1-2H3/t14-,18-/m0/s1. The molecule has 8 heteroatoms. The molecule has 0 bridgehead atoms. The highest BCUT2D eigenvalue weighted by Gasteiger charge is 2.54. The van der Waals surface area contributed by atoms with Crippen LogP contribution in [0.3, 0.4) is 0 Å². The van der Waals surface area contributed by atoms with Crippen molar-refractivity contribution >= 4 is 5.82 Å². The Kier molecular flexibility index (Phi) is 3.35. The molecule has 26 heavy (non-hydrogen) atoms. The first-order valence-corrected chi connectivity index (χ1v) is 9.04. The quantitative estimate of drug-likeness (QED) is 0.715. The molecule has 2 atom stereocenters. The molecule has 5 rings (SSSR count). The number of fused-ring (bicyclic) bond motifs is 1. The molecular formula is C18H21N7O. The molecule has 8 nitrogen and oxygen atoms in total. The molecule has 1 aliphatic carbocycles. The Morgan fingerprint density at radius 2 is 2.08 bits per heavy atom. The van der Waals surface area contributed by atoms with Crippen molar-refractivity contribution in [3.05, 3.63) is 42.4 Å². The van der Waals surface area contributed by atoms with Gasteiger partial charge in [0.05, 0.1) is 17.8 Å². The molecule has 134 valence electrons. The van der Waals surface area contributed by atoms with Crippen LogP contribution in [0.2, 0.25) is 0 Å². The fourth-order valence-corrected chi connectivity index (χ4v) is 4.55. The summed E-state index contributed by atoms with van der Waals surface area (Å²) < 4.78 is 7.81. The zero-order valence-electron chi connectivity index (χ0n) is 15.0. The number of imidazole rings is 1. The lowest BCUT2D eigenvalue weighted by atomic mass is 9.80. The van der Waals surface area contributed by atoms with Gasteiger partial charge in [-0.3, -0.25) is 9.55 Å². The Bertz CT molecular complexity index is 948. The number of aryl methyl sites for hydroxylation is 2. The fraction of sp³-hybridized carbons (Fsp3) is 0.500. The average molecular weight is 351 g/mol. The van der Waals surface area contributed by atoms with Gasteiger partial charge in [0.15, 0.2) is 5.82 Å². The summed E-state index contributed by atoms with van der Waals surface area (Å²) in [5, 5.41) is 8.44. The predicted molar refractivity (Wildman–Crippen MR) is 94.2 cm³/mol. The number of hydrogen-bond donors (Lipinski definition) is 0. The van der Waals surface area contributed by atoms with Crippen LogP contribution in [0.25, 0.3) is 5.82 Å². The summed E-state index contributed by atoms with van der Waals surface area (Å²) in [5.41, 5.74) is -0.0517. The maximum atomic E-state index is 5.86. The van der Waals surface area contributed by atoms with E-state index in [2.05, 4.69) is 25.1 Å². The molecule has 3 aromatic rings. The largest absolute Gasteiger partial charge is 0.425 e. The second-order valence-corrected chi connectivity index (χ2v) is 7.33. The number of rotatable bonds is 3. The van der Waals surface area contributed by atoms with E-state index in [1.807, 2.05) is 30.8 Å². The molecule has 1 saturated carbocycles. The molecule has 0 unspecified atom stereocenters. The van der Waals surface area contributed by atoms with E-state index < -0.39 is 0 Å². The van der Waals surface area contributed by atoms with E-state index in [1.54, 1.807) is 12.4 Å². The summed E-state index contributed by atoms with van der Waals surface area (Å²) in [7, 11) is 0.